The average Bonchev–Trinajstić information content (AvgIpc) is 2.58. The number of carbonyl (C=O) groups excluding carboxylic acids is 3. The van der Waals surface area contributed by atoms with E-state index in [0.29, 0.717) is 0 Å². The first-order chi connectivity index (χ1) is 12.4. The molecule has 0 fully saturated rings. The molecule has 0 amide bonds. The van der Waals surface area contributed by atoms with Crippen LogP contribution in [0.1, 0.15) is 110 Å². The standard InChI is InChI=1S/C18H36O2.C2H2O4/c1-2-3-4-5-6-7-8-9-10-11-12-13-14-15-16-17-18(19)20;3-1(4)2(5)6/h2-17H2,1H3,(H,19,20);(H,3,4)(H,5,6)/p-3. The first kappa shape index (κ1) is 26.6. The summed E-state index contributed by atoms with van der Waals surface area (Å²) >= 11 is 0. The van der Waals surface area contributed by atoms with Gasteiger partial charge in [0.25, 0.3) is 0 Å². The number of carboxylic acids is 3. The molecule has 0 N–H and O–H groups in total. The lowest BCUT2D eigenvalue weighted by atomic mass is 10.0. The van der Waals surface area contributed by atoms with E-state index in [9.17, 15) is 9.90 Å². The Bertz CT molecular complexity index is 342. The predicted octanol–water partition coefficient (Wildman–Crippen LogP) is 1.48. The number of aliphatic carboxylic acids is 3. The molecule has 0 saturated heterocycles. The molecule has 154 valence electrons. The summed E-state index contributed by atoms with van der Waals surface area (Å²) in [6.07, 6.45) is 19.9. The second-order valence-electron chi connectivity index (χ2n) is 6.65. The molecular weight excluding hydrogens is 336 g/mol. The van der Waals surface area contributed by atoms with E-state index in [2.05, 4.69) is 6.92 Å². The summed E-state index contributed by atoms with van der Waals surface area (Å²) in [6.45, 7) is 2.27. The third kappa shape index (κ3) is 27.3. The smallest absolute Gasteiger partial charge is 0.0870 e. The minimum atomic E-state index is -2.19. The van der Waals surface area contributed by atoms with Gasteiger partial charge in [-0.25, -0.2) is 0 Å². The van der Waals surface area contributed by atoms with Crippen molar-refractivity contribution < 1.29 is 29.7 Å². The Morgan fingerprint density at radius 3 is 1.00 bits per heavy atom. The molecule has 0 bridgehead atoms. The Kier molecular flexibility index (Phi) is 22.0. The van der Waals surface area contributed by atoms with Gasteiger partial charge in [0, 0.05) is 5.97 Å². The third-order valence-corrected chi connectivity index (χ3v) is 4.15. The second kappa shape index (κ2) is 21.5. The van der Waals surface area contributed by atoms with E-state index in [1.807, 2.05) is 0 Å². The van der Waals surface area contributed by atoms with Crippen LogP contribution in [0.25, 0.3) is 0 Å². The first-order valence-corrected chi connectivity index (χ1v) is 10.0. The van der Waals surface area contributed by atoms with Gasteiger partial charge < -0.3 is 29.7 Å². The number of rotatable bonds is 16. The average molecular weight is 371 g/mol. The maximum atomic E-state index is 10.2. The number of hydrogen-bond acceptors (Lipinski definition) is 6. The van der Waals surface area contributed by atoms with Crippen molar-refractivity contribution in [1.82, 2.24) is 0 Å². The quantitative estimate of drug-likeness (QED) is 0.299. The van der Waals surface area contributed by atoms with Gasteiger partial charge >= 0.3 is 0 Å². The Hall–Kier alpha value is -1.59. The molecule has 26 heavy (non-hydrogen) atoms. The summed E-state index contributed by atoms with van der Waals surface area (Å²) in [6, 6.07) is 0. The summed E-state index contributed by atoms with van der Waals surface area (Å²) in [4.78, 5) is 28.1. The molecule has 6 nitrogen and oxygen atoms in total. The van der Waals surface area contributed by atoms with Crippen molar-refractivity contribution in [2.75, 3.05) is 0 Å². The molecule has 0 aliphatic rings. The lowest BCUT2D eigenvalue weighted by Gasteiger charge is -2.04. The largest absolute Gasteiger partial charge is 0.550 e. The van der Waals surface area contributed by atoms with Crippen LogP contribution >= 0.6 is 0 Å². The van der Waals surface area contributed by atoms with Crippen molar-refractivity contribution in [1.29, 1.82) is 0 Å². The van der Waals surface area contributed by atoms with Crippen LogP contribution in [0.3, 0.4) is 0 Å². The van der Waals surface area contributed by atoms with E-state index in [1.165, 1.54) is 83.5 Å². The summed E-state index contributed by atoms with van der Waals surface area (Å²) in [7, 11) is 0. The molecule has 6 heteroatoms. The van der Waals surface area contributed by atoms with Crippen molar-refractivity contribution in [3.05, 3.63) is 0 Å². The molecule has 0 aromatic carbocycles. The van der Waals surface area contributed by atoms with E-state index >= 15 is 0 Å². The summed E-state index contributed by atoms with van der Waals surface area (Å²) in [5, 5.41) is 28.1. The van der Waals surface area contributed by atoms with Gasteiger partial charge in [0.15, 0.2) is 0 Å². The van der Waals surface area contributed by atoms with Crippen molar-refractivity contribution in [2.24, 2.45) is 0 Å². The number of unbranched alkanes of at least 4 members (excludes halogenated alkanes) is 14. The molecule has 0 aliphatic carbocycles. The normalized spacial score (nSPS) is 10.0. The maximum absolute atomic E-state index is 10.2. The van der Waals surface area contributed by atoms with Crippen LogP contribution in [0.2, 0.25) is 0 Å². The minimum absolute atomic E-state index is 0.234. The van der Waals surface area contributed by atoms with Gasteiger partial charge in [0.2, 0.25) is 0 Å². The van der Waals surface area contributed by atoms with E-state index < -0.39 is 17.9 Å². The molecular formula is C20H35O6-3. The Morgan fingerprint density at radius 1 is 0.500 bits per heavy atom. The van der Waals surface area contributed by atoms with E-state index in [-0.39, 0.29) is 6.42 Å². The highest BCUT2D eigenvalue weighted by Crippen LogP contribution is 2.13. The minimum Gasteiger partial charge on any atom is -0.550 e. The highest BCUT2D eigenvalue weighted by molar-refractivity contribution is 6.25. The SMILES string of the molecule is CCCCCCCCCCCCCCCCCC(=O)[O-].O=C([O-])C(=O)[O-]. The highest BCUT2D eigenvalue weighted by Gasteiger charge is 1.94. The number of hydrogen-bond donors (Lipinski definition) is 0. The van der Waals surface area contributed by atoms with Crippen LogP contribution in [-0.2, 0) is 14.4 Å². The summed E-state index contributed by atoms with van der Waals surface area (Å²) < 4.78 is 0. The first-order valence-electron chi connectivity index (χ1n) is 10.0. The van der Waals surface area contributed by atoms with Crippen LogP contribution in [0, 0.1) is 0 Å². The van der Waals surface area contributed by atoms with Gasteiger partial charge in [-0.2, -0.15) is 0 Å². The molecule has 0 heterocycles. The molecule has 0 rings (SSSR count). The van der Waals surface area contributed by atoms with Crippen molar-refractivity contribution in [3.63, 3.8) is 0 Å². The fraction of sp³-hybridized carbons (Fsp3) is 0.850. The lowest BCUT2D eigenvalue weighted by molar-refractivity contribution is -0.345. The second-order valence-corrected chi connectivity index (χ2v) is 6.65. The molecule has 0 radical (unpaired) electrons. The van der Waals surface area contributed by atoms with Crippen LogP contribution in [0.4, 0.5) is 0 Å². The number of carbonyl (C=O) groups is 3. The van der Waals surface area contributed by atoms with E-state index in [1.54, 1.807) is 0 Å². The molecule has 0 aliphatic heterocycles. The van der Waals surface area contributed by atoms with Crippen LogP contribution < -0.4 is 15.3 Å². The summed E-state index contributed by atoms with van der Waals surface area (Å²) in [5.41, 5.74) is 0. The molecule has 0 aromatic heterocycles. The van der Waals surface area contributed by atoms with Gasteiger partial charge in [-0.1, -0.05) is 96.8 Å². The van der Waals surface area contributed by atoms with Crippen LogP contribution in [0.15, 0.2) is 0 Å². The predicted molar refractivity (Wildman–Crippen MR) is 94.6 cm³/mol. The molecule has 0 saturated carbocycles. The third-order valence-electron chi connectivity index (χ3n) is 4.15. The Morgan fingerprint density at radius 2 is 0.769 bits per heavy atom. The van der Waals surface area contributed by atoms with Gasteiger partial charge in [-0.15, -0.1) is 0 Å². The van der Waals surface area contributed by atoms with Crippen molar-refractivity contribution in [3.8, 4) is 0 Å². The Balaban J connectivity index is 0. The zero-order valence-electron chi connectivity index (χ0n) is 16.3. The van der Waals surface area contributed by atoms with Crippen molar-refractivity contribution in [2.45, 2.75) is 110 Å². The van der Waals surface area contributed by atoms with Gasteiger partial charge in [-0.05, 0) is 12.8 Å². The Labute approximate surface area is 158 Å². The number of carboxylic acid groups (broad SMARTS) is 3. The maximum Gasteiger partial charge on any atom is 0.0870 e. The van der Waals surface area contributed by atoms with Crippen LogP contribution in [-0.4, -0.2) is 17.9 Å². The van der Waals surface area contributed by atoms with Gasteiger partial charge in [0.05, 0.1) is 11.9 Å². The topological polar surface area (TPSA) is 120 Å². The molecule has 0 aromatic rings. The zero-order chi connectivity index (χ0) is 20.0. The fourth-order valence-electron chi connectivity index (χ4n) is 2.64. The van der Waals surface area contributed by atoms with Crippen LogP contribution in [0.5, 0.6) is 0 Å². The van der Waals surface area contributed by atoms with E-state index in [4.69, 9.17) is 19.8 Å². The summed E-state index contributed by atoms with van der Waals surface area (Å²) in [5.74, 6) is -5.27. The zero-order valence-corrected chi connectivity index (χ0v) is 16.3. The van der Waals surface area contributed by atoms with E-state index in [0.717, 1.165) is 12.8 Å². The van der Waals surface area contributed by atoms with Gasteiger partial charge in [-0.3, -0.25) is 0 Å². The molecule has 0 unspecified atom stereocenters. The van der Waals surface area contributed by atoms with Crippen molar-refractivity contribution >= 4 is 17.9 Å². The highest BCUT2D eigenvalue weighted by atomic mass is 16.4. The molecule has 0 atom stereocenters. The lowest BCUT2D eigenvalue weighted by Crippen LogP contribution is -2.42. The fourth-order valence-corrected chi connectivity index (χ4v) is 2.64. The monoisotopic (exact) mass is 371 g/mol. The molecule has 0 spiro atoms. The van der Waals surface area contributed by atoms with Gasteiger partial charge in [0.1, 0.15) is 0 Å².